The Balaban J connectivity index is 2.82. The Bertz CT molecular complexity index is 327. The molecule has 1 heterocycles. The van der Waals surface area contributed by atoms with Gasteiger partial charge < -0.3 is 4.74 Å². The molecule has 0 aromatic rings. The Labute approximate surface area is 108 Å². The highest BCUT2D eigenvalue weighted by Crippen LogP contribution is 2.26. The van der Waals surface area contributed by atoms with Crippen molar-refractivity contribution < 1.29 is 23.8 Å². The van der Waals surface area contributed by atoms with Crippen molar-refractivity contribution in [3.63, 3.8) is 0 Å². The standard InChI is InChI=1S/C12H23N2O4/c1-12(2,3)18-11(16)13-8-6-7-10(13)14(4,9-15)17-5/h9-10H,6-8H2,1-5H3/q+1/t10-,14?/m0/s1. The first-order valence-corrected chi connectivity index (χ1v) is 6.11. The van der Waals surface area contributed by atoms with Crippen LogP contribution in [0, 0.1) is 0 Å². The molecule has 6 heteroatoms. The highest BCUT2D eigenvalue weighted by Gasteiger charge is 2.45. The van der Waals surface area contributed by atoms with E-state index in [-0.39, 0.29) is 10.8 Å². The first kappa shape index (κ1) is 14.9. The molecule has 0 saturated carbocycles. The van der Waals surface area contributed by atoms with Gasteiger partial charge in [0.2, 0.25) is 6.17 Å². The first-order valence-electron chi connectivity index (χ1n) is 6.11. The van der Waals surface area contributed by atoms with E-state index in [0.717, 1.165) is 12.8 Å². The fraction of sp³-hybridized carbons (Fsp3) is 0.833. The van der Waals surface area contributed by atoms with Crippen molar-refractivity contribution in [2.24, 2.45) is 0 Å². The molecule has 0 radical (unpaired) electrons. The van der Waals surface area contributed by atoms with E-state index in [1.807, 2.05) is 20.8 Å². The minimum Gasteiger partial charge on any atom is -0.444 e. The van der Waals surface area contributed by atoms with Crippen LogP contribution in [0.3, 0.4) is 0 Å². The molecule has 0 bridgehead atoms. The van der Waals surface area contributed by atoms with Crippen molar-refractivity contribution in [1.29, 1.82) is 0 Å². The Morgan fingerprint density at radius 2 is 2.06 bits per heavy atom. The van der Waals surface area contributed by atoms with Gasteiger partial charge in [-0.25, -0.2) is 9.59 Å². The molecule has 0 aromatic carbocycles. The quantitative estimate of drug-likeness (QED) is 0.438. The predicted octanol–water partition coefficient (Wildman–Crippen LogP) is 1.51. The molecule has 1 aliphatic heterocycles. The average molecular weight is 259 g/mol. The van der Waals surface area contributed by atoms with Crippen LogP contribution in [0.4, 0.5) is 4.79 Å². The van der Waals surface area contributed by atoms with Crippen LogP contribution >= 0.6 is 0 Å². The fourth-order valence-electron chi connectivity index (χ4n) is 2.05. The fourth-order valence-corrected chi connectivity index (χ4v) is 2.05. The van der Waals surface area contributed by atoms with E-state index < -0.39 is 11.7 Å². The van der Waals surface area contributed by atoms with Crippen LogP contribution in [-0.2, 0) is 14.4 Å². The summed E-state index contributed by atoms with van der Waals surface area (Å²) in [5.74, 6) is 0. The number of hydrogen-bond donors (Lipinski definition) is 0. The van der Waals surface area contributed by atoms with Gasteiger partial charge in [-0.05, 0) is 27.2 Å². The molecule has 1 aliphatic rings. The number of carbonyl (C=O) groups excluding carboxylic acids is 2. The molecule has 18 heavy (non-hydrogen) atoms. The van der Waals surface area contributed by atoms with Crippen molar-refractivity contribution >= 4 is 12.5 Å². The summed E-state index contributed by atoms with van der Waals surface area (Å²) in [5.41, 5.74) is -0.540. The second-order valence-corrected chi connectivity index (χ2v) is 5.64. The highest BCUT2D eigenvalue weighted by molar-refractivity contribution is 5.68. The summed E-state index contributed by atoms with van der Waals surface area (Å²) in [7, 11) is 3.10. The number of carbonyl (C=O) groups is 2. The number of hydroxylamine groups is 3. The Hall–Kier alpha value is -1.14. The third kappa shape index (κ3) is 3.20. The van der Waals surface area contributed by atoms with Crippen LogP contribution in [-0.4, -0.2) is 54.5 Å². The van der Waals surface area contributed by atoms with E-state index in [1.54, 1.807) is 11.9 Å². The smallest absolute Gasteiger partial charge is 0.414 e. The normalized spacial score (nSPS) is 23.6. The zero-order valence-corrected chi connectivity index (χ0v) is 11.8. The lowest BCUT2D eigenvalue weighted by Gasteiger charge is -2.35. The summed E-state index contributed by atoms with van der Waals surface area (Å²) in [5, 5.41) is 0. The van der Waals surface area contributed by atoms with E-state index >= 15 is 0 Å². The maximum absolute atomic E-state index is 12.1. The van der Waals surface area contributed by atoms with E-state index in [0.29, 0.717) is 13.0 Å². The van der Waals surface area contributed by atoms with Gasteiger partial charge in [-0.1, -0.05) is 0 Å². The van der Waals surface area contributed by atoms with Gasteiger partial charge in [0.15, 0.2) is 0 Å². The number of rotatable bonds is 3. The van der Waals surface area contributed by atoms with Crippen LogP contribution in [0.25, 0.3) is 0 Å². The molecule has 0 N–H and O–H groups in total. The van der Waals surface area contributed by atoms with Gasteiger partial charge in [0.25, 0.3) is 0 Å². The van der Waals surface area contributed by atoms with Crippen LogP contribution < -0.4 is 0 Å². The second kappa shape index (κ2) is 5.24. The van der Waals surface area contributed by atoms with Crippen LogP contribution in [0.2, 0.25) is 0 Å². The minimum absolute atomic E-state index is 0.265. The lowest BCUT2D eigenvalue weighted by Crippen LogP contribution is -2.58. The number of quaternary nitrogens is 1. The molecule has 0 aliphatic carbocycles. The molecule has 0 spiro atoms. The van der Waals surface area contributed by atoms with Gasteiger partial charge in [0.1, 0.15) is 12.6 Å². The third-order valence-corrected chi connectivity index (χ3v) is 3.04. The van der Waals surface area contributed by atoms with Crippen LogP contribution in [0.15, 0.2) is 0 Å². The Morgan fingerprint density at radius 3 is 2.50 bits per heavy atom. The number of ether oxygens (including phenoxy) is 1. The van der Waals surface area contributed by atoms with Gasteiger partial charge in [-0.2, -0.15) is 4.84 Å². The van der Waals surface area contributed by atoms with E-state index in [1.165, 1.54) is 7.11 Å². The van der Waals surface area contributed by atoms with Gasteiger partial charge in [-0.15, -0.1) is 4.65 Å². The summed E-state index contributed by atoms with van der Waals surface area (Å²) in [6.45, 7) is 6.05. The zero-order chi connectivity index (χ0) is 14.0. The molecule has 1 fully saturated rings. The second-order valence-electron chi connectivity index (χ2n) is 5.64. The maximum atomic E-state index is 12.1. The van der Waals surface area contributed by atoms with Crippen molar-refractivity contribution in [3.8, 4) is 0 Å². The first-order chi connectivity index (χ1) is 8.23. The molecule has 1 saturated heterocycles. The number of hydrogen-bond acceptors (Lipinski definition) is 4. The SMILES string of the molecule is CO[N+](C)(C=O)[C@H]1CCCN1C(=O)OC(C)(C)C. The topological polar surface area (TPSA) is 55.8 Å². The van der Waals surface area contributed by atoms with E-state index in [2.05, 4.69) is 0 Å². The summed E-state index contributed by atoms with van der Waals surface area (Å²) in [6.07, 6.45) is 1.56. The molecule has 6 nitrogen and oxygen atoms in total. The molecule has 1 rings (SSSR count). The van der Waals surface area contributed by atoms with Gasteiger partial charge in [0, 0.05) is 13.0 Å². The Morgan fingerprint density at radius 1 is 1.44 bits per heavy atom. The van der Waals surface area contributed by atoms with Crippen LogP contribution in [0.5, 0.6) is 0 Å². The highest BCUT2D eigenvalue weighted by atomic mass is 16.7. The Kier molecular flexibility index (Phi) is 4.34. The van der Waals surface area contributed by atoms with Crippen molar-refractivity contribution in [3.05, 3.63) is 0 Å². The summed E-state index contributed by atoms with van der Waals surface area (Å²) in [4.78, 5) is 30.0. The van der Waals surface area contributed by atoms with Gasteiger partial charge >= 0.3 is 12.5 Å². The summed E-state index contributed by atoms with van der Waals surface area (Å²) in [6, 6.07) is 0. The summed E-state index contributed by atoms with van der Waals surface area (Å²) >= 11 is 0. The van der Waals surface area contributed by atoms with Crippen LogP contribution in [0.1, 0.15) is 33.6 Å². The lowest BCUT2D eigenvalue weighted by molar-refractivity contribution is -1.04. The third-order valence-electron chi connectivity index (χ3n) is 3.04. The monoisotopic (exact) mass is 259 g/mol. The molecule has 104 valence electrons. The summed E-state index contributed by atoms with van der Waals surface area (Å²) < 4.78 is 5.08. The number of nitrogens with zero attached hydrogens (tertiary/aromatic N) is 2. The molecule has 2 atom stereocenters. The molecular formula is C12H23N2O4+. The van der Waals surface area contributed by atoms with Gasteiger partial charge in [-0.3, -0.25) is 4.90 Å². The number of amides is 2. The van der Waals surface area contributed by atoms with E-state index in [4.69, 9.17) is 9.57 Å². The predicted molar refractivity (Wildman–Crippen MR) is 65.2 cm³/mol. The molecular weight excluding hydrogens is 236 g/mol. The van der Waals surface area contributed by atoms with Crippen molar-refractivity contribution in [2.75, 3.05) is 20.7 Å². The largest absolute Gasteiger partial charge is 0.444 e. The van der Waals surface area contributed by atoms with E-state index in [9.17, 15) is 9.59 Å². The molecule has 2 amide bonds. The molecule has 1 unspecified atom stereocenters. The average Bonchev–Trinajstić information content (AvgIpc) is 2.75. The molecule has 0 aromatic heterocycles. The number of likely N-dealkylation sites (tertiary alicyclic amines) is 1. The minimum atomic E-state index is -0.540. The zero-order valence-electron chi connectivity index (χ0n) is 11.8. The maximum Gasteiger partial charge on any atom is 0.414 e. The van der Waals surface area contributed by atoms with Gasteiger partial charge in [0.05, 0.1) is 7.11 Å². The lowest BCUT2D eigenvalue weighted by atomic mass is 10.2. The van der Waals surface area contributed by atoms with Crippen molar-refractivity contribution in [2.45, 2.75) is 45.4 Å². The van der Waals surface area contributed by atoms with Crippen molar-refractivity contribution in [1.82, 2.24) is 4.90 Å².